The van der Waals surface area contributed by atoms with Gasteiger partial charge in [-0.15, -0.1) is 0 Å². The van der Waals surface area contributed by atoms with E-state index in [1.54, 1.807) is 0 Å². The van der Waals surface area contributed by atoms with E-state index in [0.717, 1.165) is 47.1 Å². The van der Waals surface area contributed by atoms with Crippen molar-refractivity contribution in [3.05, 3.63) is 96.2 Å². The molecule has 0 bridgehead atoms. The number of aliphatic imine (C=N–C) groups is 1. The second-order valence-corrected chi connectivity index (χ2v) is 7.65. The van der Waals surface area contributed by atoms with Gasteiger partial charge in [-0.05, 0) is 32.3 Å². The molecule has 1 aliphatic rings. The standard InChI is InChI=1S/C22H22N4.C4H4O4/c1-25(2)15-16-26-20-13-7-6-11-18(20)21(17-9-4-3-5-10-17)24-19-12-8-14-23-22(19)26;5-3(6)1-2-4(7)8/h3-14H,15-16H2,1-2H3;1-2H,(H,5,6)(H,7,8)/b;2-1+. The van der Waals surface area contributed by atoms with Crippen molar-refractivity contribution in [2.24, 2.45) is 4.99 Å². The first-order chi connectivity index (χ1) is 16.4. The van der Waals surface area contributed by atoms with E-state index >= 15 is 0 Å². The highest BCUT2D eigenvalue weighted by molar-refractivity contribution is 6.18. The van der Waals surface area contributed by atoms with Crippen LogP contribution in [0.4, 0.5) is 17.2 Å². The second kappa shape index (κ2) is 11.5. The molecule has 0 unspecified atom stereocenters. The third kappa shape index (κ3) is 6.36. The molecule has 4 rings (SSSR count). The van der Waals surface area contributed by atoms with Gasteiger partial charge < -0.3 is 20.0 Å². The van der Waals surface area contributed by atoms with Crippen LogP contribution < -0.4 is 4.90 Å². The van der Waals surface area contributed by atoms with Crippen LogP contribution in [0.1, 0.15) is 11.1 Å². The highest BCUT2D eigenvalue weighted by Crippen LogP contribution is 2.38. The molecule has 0 saturated carbocycles. The largest absolute Gasteiger partial charge is 0.478 e. The average Bonchev–Trinajstić information content (AvgIpc) is 2.97. The maximum absolute atomic E-state index is 9.55. The lowest BCUT2D eigenvalue weighted by molar-refractivity contribution is -0.134. The predicted molar refractivity (Wildman–Crippen MR) is 132 cm³/mol. The van der Waals surface area contributed by atoms with Crippen LogP contribution in [-0.2, 0) is 9.59 Å². The van der Waals surface area contributed by atoms with Crippen LogP contribution in [0.25, 0.3) is 0 Å². The van der Waals surface area contributed by atoms with Crippen molar-refractivity contribution in [3.63, 3.8) is 0 Å². The molecule has 34 heavy (non-hydrogen) atoms. The minimum atomic E-state index is -1.26. The molecule has 0 atom stereocenters. The van der Waals surface area contributed by atoms with Gasteiger partial charge in [-0.2, -0.15) is 0 Å². The second-order valence-electron chi connectivity index (χ2n) is 7.65. The summed E-state index contributed by atoms with van der Waals surface area (Å²) in [6.07, 6.45) is 2.96. The number of benzene rings is 2. The Morgan fingerprint density at radius 1 is 0.912 bits per heavy atom. The van der Waals surface area contributed by atoms with Crippen LogP contribution in [0.5, 0.6) is 0 Å². The van der Waals surface area contributed by atoms with Gasteiger partial charge in [0.2, 0.25) is 0 Å². The number of carboxylic acid groups (broad SMARTS) is 2. The maximum atomic E-state index is 9.55. The highest BCUT2D eigenvalue weighted by Gasteiger charge is 2.24. The zero-order valence-electron chi connectivity index (χ0n) is 19.0. The first-order valence-corrected chi connectivity index (χ1v) is 10.6. The van der Waals surface area contributed by atoms with Gasteiger partial charge in [-0.25, -0.2) is 19.6 Å². The third-order valence-electron chi connectivity index (χ3n) is 4.89. The number of hydrogen-bond acceptors (Lipinski definition) is 6. The van der Waals surface area contributed by atoms with E-state index < -0.39 is 11.9 Å². The van der Waals surface area contributed by atoms with Crippen LogP contribution in [0.15, 0.2) is 90.1 Å². The van der Waals surface area contributed by atoms with Gasteiger partial charge >= 0.3 is 11.9 Å². The van der Waals surface area contributed by atoms with Crippen molar-refractivity contribution in [2.75, 3.05) is 32.1 Å². The topological polar surface area (TPSA) is 106 Å². The fourth-order valence-corrected chi connectivity index (χ4v) is 3.37. The number of likely N-dealkylation sites (N-methyl/N-ethyl adjacent to an activating group) is 1. The smallest absolute Gasteiger partial charge is 0.328 e. The minimum absolute atomic E-state index is 0.558. The number of aromatic nitrogens is 1. The molecule has 0 saturated heterocycles. The van der Waals surface area contributed by atoms with E-state index in [9.17, 15) is 9.59 Å². The summed E-state index contributed by atoms with van der Waals surface area (Å²) in [7, 11) is 4.18. The van der Waals surface area contributed by atoms with Gasteiger partial charge in [0, 0.05) is 42.6 Å². The van der Waals surface area contributed by atoms with Gasteiger partial charge in [0.25, 0.3) is 0 Å². The Hall–Kier alpha value is -4.30. The Kier molecular flexibility index (Phi) is 8.26. The quantitative estimate of drug-likeness (QED) is 0.538. The summed E-state index contributed by atoms with van der Waals surface area (Å²) in [5.74, 6) is -1.60. The molecule has 1 aromatic heterocycles. The van der Waals surface area contributed by atoms with E-state index in [1.165, 1.54) is 0 Å². The Balaban J connectivity index is 0.000000350. The summed E-state index contributed by atoms with van der Waals surface area (Å²) in [5, 5.41) is 15.6. The van der Waals surface area contributed by atoms with Crippen LogP contribution in [0, 0.1) is 0 Å². The summed E-state index contributed by atoms with van der Waals surface area (Å²) in [4.78, 5) is 33.3. The Morgan fingerprint density at radius 2 is 1.56 bits per heavy atom. The molecule has 2 aromatic carbocycles. The van der Waals surface area contributed by atoms with E-state index in [4.69, 9.17) is 15.2 Å². The molecular formula is C26H26N4O4. The molecule has 8 heteroatoms. The Bertz CT molecular complexity index is 1190. The zero-order valence-corrected chi connectivity index (χ0v) is 19.0. The van der Waals surface area contributed by atoms with Gasteiger partial charge in [0.1, 0.15) is 5.69 Å². The fourth-order valence-electron chi connectivity index (χ4n) is 3.37. The molecule has 0 aliphatic carbocycles. The van der Waals surface area contributed by atoms with Crippen molar-refractivity contribution >= 4 is 34.8 Å². The molecule has 2 heterocycles. The number of fused-ring (bicyclic) bond motifs is 2. The van der Waals surface area contributed by atoms with Crippen molar-refractivity contribution in [2.45, 2.75) is 0 Å². The minimum Gasteiger partial charge on any atom is -0.478 e. The van der Waals surface area contributed by atoms with Crippen molar-refractivity contribution < 1.29 is 19.8 Å². The number of aliphatic carboxylic acids is 2. The molecule has 0 radical (unpaired) electrons. The maximum Gasteiger partial charge on any atom is 0.328 e. The molecule has 8 nitrogen and oxygen atoms in total. The summed E-state index contributed by atoms with van der Waals surface area (Å²) < 4.78 is 0. The van der Waals surface area contributed by atoms with E-state index in [0.29, 0.717) is 12.2 Å². The Morgan fingerprint density at radius 3 is 2.21 bits per heavy atom. The summed E-state index contributed by atoms with van der Waals surface area (Å²) >= 11 is 0. The van der Waals surface area contributed by atoms with Crippen molar-refractivity contribution in [1.29, 1.82) is 0 Å². The SMILES string of the molecule is CN(C)CCN1c2ccccc2C(c2ccccc2)=Nc2cccnc21.O=C(O)/C=C/C(=O)O. The van der Waals surface area contributed by atoms with Crippen LogP contribution in [-0.4, -0.2) is 64.9 Å². The number of hydrogen-bond donors (Lipinski definition) is 2. The van der Waals surface area contributed by atoms with Crippen LogP contribution in [0.2, 0.25) is 0 Å². The van der Waals surface area contributed by atoms with Crippen molar-refractivity contribution in [1.82, 2.24) is 9.88 Å². The van der Waals surface area contributed by atoms with Crippen LogP contribution in [0.3, 0.4) is 0 Å². The first-order valence-electron chi connectivity index (χ1n) is 10.6. The summed E-state index contributed by atoms with van der Waals surface area (Å²) in [6, 6.07) is 22.8. The number of carbonyl (C=O) groups is 2. The fraction of sp³-hybridized carbons (Fsp3) is 0.154. The van der Waals surface area contributed by atoms with Gasteiger partial charge in [0.05, 0.1) is 11.4 Å². The summed E-state index contributed by atoms with van der Waals surface area (Å²) in [5.41, 5.74) is 5.29. The molecule has 2 N–H and O–H groups in total. The van der Waals surface area contributed by atoms with Gasteiger partial charge in [-0.1, -0.05) is 48.5 Å². The lowest BCUT2D eigenvalue weighted by atomic mass is 10.0. The van der Waals surface area contributed by atoms with E-state index in [1.807, 2.05) is 24.4 Å². The van der Waals surface area contributed by atoms with Gasteiger partial charge in [0.15, 0.2) is 5.82 Å². The number of nitrogens with zero attached hydrogens (tertiary/aromatic N) is 4. The average molecular weight is 459 g/mol. The number of carboxylic acids is 2. The van der Waals surface area contributed by atoms with E-state index in [-0.39, 0.29) is 0 Å². The third-order valence-corrected chi connectivity index (χ3v) is 4.89. The lowest BCUT2D eigenvalue weighted by Gasteiger charge is -2.26. The predicted octanol–water partition coefficient (Wildman–Crippen LogP) is 3.98. The number of anilines is 2. The number of rotatable bonds is 6. The molecule has 0 amide bonds. The molecule has 1 aliphatic heterocycles. The normalized spacial score (nSPS) is 12.2. The molecule has 0 spiro atoms. The van der Waals surface area contributed by atoms with E-state index in [2.05, 4.69) is 77.4 Å². The number of para-hydroxylation sites is 1. The summed E-state index contributed by atoms with van der Waals surface area (Å²) in [6.45, 7) is 1.79. The first kappa shape index (κ1) is 24.3. The molecule has 3 aromatic rings. The molecule has 0 fully saturated rings. The lowest BCUT2D eigenvalue weighted by Crippen LogP contribution is -2.29. The molecule has 174 valence electrons. The van der Waals surface area contributed by atoms with Gasteiger partial charge in [-0.3, -0.25) is 0 Å². The molecular weight excluding hydrogens is 432 g/mol. The monoisotopic (exact) mass is 458 g/mol. The highest BCUT2D eigenvalue weighted by atomic mass is 16.4. The van der Waals surface area contributed by atoms with Crippen molar-refractivity contribution in [3.8, 4) is 0 Å². The Labute approximate surface area is 198 Å². The van der Waals surface area contributed by atoms with Crippen LogP contribution >= 0.6 is 0 Å². The zero-order chi connectivity index (χ0) is 24.5. The number of pyridine rings is 1.